The smallest absolute Gasteiger partial charge is 0.222 e. The van der Waals surface area contributed by atoms with Crippen molar-refractivity contribution < 1.29 is 14.0 Å². The molecule has 0 radical (unpaired) electrons. The number of hydrogen-bond donors (Lipinski definition) is 2. The lowest BCUT2D eigenvalue weighted by molar-refractivity contribution is -0.123. The molecule has 0 spiro atoms. The van der Waals surface area contributed by atoms with Crippen LogP contribution in [0.4, 0.5) is 0 Å². The Balaban J connectivity index is 1.89. The van der Waals surface area contributed by atoms with Crippen LogP contribution in [-0.2, 0) is 16.0 Å². The second kappa shape index (κ2) is 7.79. The first-order valence-corrected chi connectivity index (χ1v) is 8.05. The normalized spacial score (nSPS) is 13.4. The van der Waals surface area contributed by atoms with E-state index >= 15 is 0 Å². The highest BCUT2D eigenvalue weighted by atomic mass is 32.1. The van der Waals surface area contributed by atoms with Gasteiger partial charge >= 0.3 is 0 Å². The van der Waals surface area contributed by atoms with Crippen molar-refractivity contribution in [1.29, 1.82) is 0 Å². The lowest BCUT2D eigenvalue weighted by Crippen LogP contribution is -2.37. The second-order valence-corrected chi connectivity index (χ2v) is 6.20. The zero-order valence-corrected chi connectivity index (χ0v) is 13.5. The topological polar surface area (TPSA) is 71.3 Å². The van der Waals surface area contributed by atoms with Crippen LogP contribution in [0.2, 0.25) is 0 Å². The highest BCUT2D eigenvalue weighted by Crippen LogP contribution is 2.22. The summed E-state index contributed by atoms with van der Waals surface area (Å²) in [5.41, 5.74) is 0. The minimum Gasteiger partial charge on any atom is -0.469 e. The van der Waals surface area contributed by atoms with Crippen molar-refractivity contribution in [1.82, 2.24) is 10.6 Å². The molecule has 0 fully saturated rings. The molecule has 22 heavy (non-hydrogen) atoms. The van der Waals surface area contributed by atoms with Gasteiger partial charge in [-0.2, -0.15) is 0 Å². The highest BCUT2D eigenvalue weighted by Gasteiger charge is 2.19. The summed E-state index contributed by atoms with van der Waals surface area (Å²) in [5.74, 6) is 0.602. The number of carbonyl (C=O) groups is 2. The van der Waals surface area contributed by atoms with Crippen LogP contribution in [0.3, 0.4) is 0 Å². The van der Waals surface area contributed by atoms with E-state index in [9.17, 15) is 9.59 Å². The van der Waals surface area contributed by atoms with Gasteiger partial charge < -0.3 is 15.1 Å². The van der Waals surface area contributed by atoms with Gasteiger partial charge in [-0.25, -0.2) is 0 Å². The Morgan fingerprint density at radius 3 is 2.68 bits per heavy atom. The molecule has 0 bridgehead atoms. The van der Waals surface area contributed by atoms with Crippen molar-refractivity contribution in [2.75, 3.05) is 0 Å². The van der Waals surface area contributed by atoms with Crippen molar-refractivity contribution in [2.24, 2.45) is 0 Å². The molecule has 118 valence electrons. The van der Waals surface area contributed by atoms with Gasteiger partial charge in [0.1, 0.15) is 5.76 Å². The summed E-state index contributed by atoms with van der Waals surface area (Å²) >= 11 is 1.53. The molecule has 2 amide bonds. The van der Waals surface area contributed by atoms with Crippen LogP contribution in [0.1, 0.15) is 36.9 Å². The van der Waals surface area contributed by atoms with Crippen molar-refractivity contribution in [3.8, 4) is 0 Å². The molecule has 2 heterocycles. The minimum atomic E-state index is -0.284. The van der Waals surface area contributed by atoms with Gasteiger partial charge in [0.2, 0.25) is 11.8 Å². The van der Waals surface area contributed by atoms with Crippen LogP contribution < -0.4 is 10.6 Å². The first kappa shape index (κ1) is 16.3. The lowest BCUT2D eigenvalue weighted by atomic mass is 10.1. The summed E-state index contributed by atoms with van der Waals surface area (Å²) in [6.07, 6.45) is 2.48. The summed E-state index contributed by atoms with van der Waals surface area (Å²) in [7, 11) is 0. The fourth-order valence-electron chi connectivity index (χ4n) is 2.26. The van der Waals surface area contributed by atoms with E-state index in [-0.39, 0.29) is 30.3 Å². The second-order valence-electron chi connectivity index (χ2n) is 5.22. The number of furan rings is 1. The zero-order chi connectivity index (χ0) is 15.9. The number of thiophene rings is 1. The molecule has 2 atom stereocenters. The third-order valence-corrected chi connectivity index (χ3v) is 4.13. The average molecular weight is 320 g/mol. The Morgan fingerprint density at radius 2 is 2.09 bits per heavy atom. The Hall–Kier alpha value is -2.08. The Morgan fingerprint density at radius 1 is 1.27 bits per heavy atom. The molecule has 2 aromatic rings. The van der Waals surface area contributed by atoms with Gasteiger partial charge in [0.15, 0.2) is 0 Å². The number of carbonyl (C=O) groups excluding carboxylic acids is 2. The van der Waals surface area contributed by atoms with Crippen LogP contribution in [0, 0.1) is 0 Å². The van der Waals surface area contributed by atoms with Crippen LogP contribution >= 0.6 is 11.3 Å². The third kappa shape index (κ3) is 5.04. The van der Waals surface area contributed by atoms with Crippen LogP contribution in [-0.4, -0.2) is 17.9 Å². The molecule has 0 saturated carbocycles. The largest absolute Gasteiger partial charge is 0.469 e. The molecule has 2 aromatic heterocycles. The summed E-state index contributed by atoms with van der Waals surface area (Å²) in [6, 6.07) is 7.23. The van der Waals surface area contributed by atoms with E-state index in [0.29, 0.717) is 6.42 Å². The number of nitrogens with one attached hydrogen (secondary N) is 2. The monoisotopic (exact) mass is 320 g/mol. The maximum absolute atomic E-state index is 12.2. The fourth-order valence-corrected chi connectivity index (χ4v) is 3.04. The van der Waals surface area contributed by atoms with Gasteiger partial charge in [0.25, 0.3) is 0 Å². The highest BCUT2D eigenvalue weighted by molar-refractivity contribution is 7.10. The van der Waals surface area contributed by atoms with E-state index in [1.807, 2.05) is 36.6 Å². The summed E-state index contributed by atoms with van der Waals surface area (Å²) in [5, 5.41) is 7.69. The predicted octanol–water partition coefficient (Wildman–Crippen LogP) is 2.66. The van der Waals surface area contributed by atoms with Gasteiger partial charge in [-0.1, -0.05) is 6.07 Å². The maximum Gasteiger partial charge on any atom is 0.222 e. The SMILES string of the molecule is CC(=O)N[C@H](CC(=O)N[C@@H](C)Cc1ccco1)c1cccs1. The minimum absolute atomic E-state index is 0.0278. The predicted molar refractivity (Wildman–Crippen MR) is 85.5 cm³/mol. The molecule has 2 N–H and O–H groups in total. The van der Waals surface area contributed by atoms with E-state index in [4.69, 9.17) is 4.42 Å². The van der Waals surface area contributed by atoms with E-state index < -0.39 is 0 Å². The van der Waals surface area contributed by atoms with Crippen molar-refractivity contribution in [3.05, 3.63) is 46.5 Å². The molecular weight excluding hydrogens is 300 g/mol. The van der Waals surface area contributed by atoms with Gasteiger partial charge in [0.05, 0.1) is 18.7 Å². The Kier molecular flexibility index (Phi) is 5.77. The quantitative estimate of drug-likeness (QED) is 0.824. The molecule has 0 aliphatic carbocycles. The number of amides is 2. The molecule has 0 unspecified atom stereocenters. The molecule has 0 aliphatic rings. The maximum atomic E-state index is 12.2. The van der Waals surface area contributed by atoms with Crippen LogP contribution in [0.5, 0.6) is 0 Å². The van der Waals surface area contributed by atoms with Gasteiger partial charge in [-0.3, -0.25) is 9.59 Å². The lowest BCUT2D eigenvalue weighted by Gasteiger charge is -2.18. The summed E-state index contributed by atoms with van der Waals surface area (Å²) in [6.45, 7) is 3.39. The molecular formula is C16H20N2O3S. The van der Waals surface area contributed by atoms with Crippen LogP contribution in [0.15, 0.2) is 40.3 Å². The van der Waals surface area contributed by atoms with E-state index in [0.717, 1.165) is 10.6 Å². The van der Waals surface area contributed by atoms with E-state index in [1.54, 1.807) is 6.26 Å². The van der Waals surface area contributed by atoms with Gasteiger partial charge in [-0.05, 0) is 30.5 Å². The van der Waals surface area contributed by atoms with Crippen molar-refractivity contribution in [3.63, 3.8) is 0 Å². The first-order valence-electron chi connectivity index (χ1n) is 7.17. The average Bonchev–Trinajstić information content (AvgIpc) is 3.09. The van der Waals surface area contributed by atoms with E-state index in [1.165, 1.54) is 18.3 Å². The molecule has 5 nitrogen and oxygen atoms in total. The van der Waals surface area contributed by atoms with Gasteiger partial charge in [-0.15, -0.1) is 11.3 Å². The van der Waals surface area contributed by atoms with Crippen LogP contribution in [0.25, 0.3) is 0 Å². The molecule has 0 aliphatic heterocycles. The van der Waals surface area contributed by atoms with Crippen molar-refractivity contribution in [2.45, 2.75) is 38.8 Å². The Bertz CT molecular complexity index is 593. The molecule has 0 saturated heterocycles. The summed E-state index contributed by atoms with van der Waals surface area (Å²) in [4.78, 5) is 24.5. The number of hydrogen-bond acceptors (Lipinski definition) is 4. The van der Waals surface area contributed by atoms with Crippen molar-refractivity contribution >= 4 is 23.2 Å². The number of rotatable bonds is 7. The van der Waals surface area contributed by atoms with E-state index in [2.05, 4.69) is 10.6 Å². The molecule has 6 heteroatoms. The fraction of sp³-hybridized carbons (Fsp3) is 0.375. The van der Waals surface area contributed by atoms with Gasteiger partial charge in [0, 0.05) is 24.3 Å². The first-order chi connectivity index (χ1) is 10.5. The Labute approximate surface area is 133 Å². The third-order valence-electron chi connectivity index (χ3n) is 3.15. The summed E-state index contributed by atoms with van der Waals surface area (Å²) < 4.78 is 5.27. The standard InChI is InChI=1S/C16H20N2O3S/c1-11(9-13-5-3-7-21-13)17-16(20)10-14(18-12(2)19)15-6-4-8-22-15/h3-8,11,14H,9-10H2,1-2H3,(H,17,20)(H,18,19)/t11-,14+/m0/s1. The molecule has 0 aromatic carbocycles. The molecule has 2 rings (SSSR count). The zero-order valence-electron chi connectivity index (χ0n) is 12.7.